The van der Waals surface area contributed by atoms with Crippen LogP contribution in [0.3, 0.4) is 0 Å². The lowest BCUT2D eigenvalue weighted by atomic mass is 10.0. The molecule has 0 bridgehead atoms. The SMILES string of the molecule is COc1ccc(C#Cc2ccc(C#Cc3ccccc3)cc2C(F)(F)F)cc1. The zero-order valence-electron chi connectivity index (χ0n) is 15.0. The van der Waals surface area contributed by atoms with Crippen molar-refractivity contribution in [1.82, 2.24) is 0 Å². The molecule has 3 rings (SSSR count). The Morgan fingerprint density at radius 3 is 1.89 bits per heavy atom. The first kappa shape index (κ1) is 19.1. The zero-order valence-corrected chi connectivity index (χ0v) is 15.0. The molecular weight excluding hydrogens is 361 g/mol. The molecule has 138 valence electrons. The van der Waals surface area contributed by atoms with Crippen LogP contribution in [0.15, 0.2) is 72.8 Å². The molecule has 0 saturated heterocycles. The van der Waals surface area contributed by atoms with Crippen LogP contribution in [-0.2, 0) is 6.18 Å². The van der Waals surface area contributed by atoms with Gasteiger partial charge in [-0.05, 0) is 54.6 Å². The van der Waals surface area contributed by atoms with E-state index in [9.17, 15) is 13.2 Å². The van der Waals surface area contributed by atoms with Crippen molar-refractivity contribution in [3.8, 4) is 29.4 Å². The highest BCUT2D eigenvalue weighted by Gasteiger charge is 2.33. The Kier molecular flexibility index (Phi) is 5.72. The number of alkyl halides is 3. The van der Waals surface area contributed by atoms with E-state index in [4.69, 9.17) is 4.74 Å². The van der Waals surface area contributed by atoms with Crippen molar-refractivity contribution in [1.29, 1.82) is 0 Å². The summed E-state index contributed by atoms with van der Waals surface area (Å²) in [5.74, 6) is 11.7. The molecule has 0 saturated carbocycles. The van der Waals surface area contributed by atoms with Gasteiger partial charge in [-0.25, -0.2) is 0 Å². The van der Waals surface area contributed by atoms with Crippen molar-refractivity contribution < 1.29 is 17.9 Å². The van der Waals surface area contributed by atoms with E-state index in [0.29, 0.717) is 11.3 Å². The van der Waals surface area contributed by atoms with Gasteiger partial charge in [-0.3, -0.25) is 0 Å². The first-order valence-electron chi connectivity index (χ1n) is 8.40. The highest BCUT2D eigenvalue weighted by atomic mass is 19.4. The third kappa shape index (κ3) is 4.96. The summed E-state index contributed by atoms with van der Waals surface area (Å²) in [6.07, 6.45) is -4.52. The third-order valence-electron chi connectivity index (χ3n) is 3.88. The van der Waals surface area contributed by atoms with Crippen molar-refractivity contribution >= 4 is 0 Å². The molecule has 0 heterocycles. The fraction of sp³-hybridized carbons (Fsp3) is 0.0833. The van der Waals surface area contributed by atoms with Crippen molar-refractivity contribution in [3.05, 3.63) is 101 Å². The molecule has 0 amide bonds. The molecule has 4 heteroatoms. The minimum atomic E-state index is -4.52. The Balaban J connectivity index is 1.94. The summed E-state index contributed by atoms with van der Waals surface area (Å²) in [5, 5.41) is 0. The summed E-state index contributed by atoms with van der Waals surface area (Å²) < 4.78 is 45.5. The maximum absolute atomic E-state index is 13.5. The van der Waals surface area contributed by atoms with Crippen LogP contribution < -0.4 is 4.74 Å². The summed E-state index contributed by atoms with van der Waals surface area (Å²) in [6, 6.07) is 19.8. The largest absolute Gasteiger partial charge is 0.497 e. The summed E-state index contributed by atoms with van der Waals surface area (Å²) in [7, 11) is 1.54. The number of hydrogen-bond acceptors (Lipinski definition) is 1. The van der Waals surface area contributed by atoms with Gasteiger partial charge >= 0.3 is 6.18 Å². The number of hydrogen-bond donors (Lipinski definition) is 0. The molecule has 0 aliphatic rings. The van der Waals surface area contributed by atoms with Crippen molar-refractivity contribution in [2.24, 2.45) is 0 Å². The maximum atomic E-state index is 13.5. The van der Waals surface area contributed by atoms with Crippen LogP contribution in [-0.4, -0.2) is 7.11 Å². The van der Waals surface area contributed by atoms with E-state index in [-0.39, 0.29) is 11.1 Å². The molecule has 0 aliphatic carbocycles. The quantitative estimate of drug-likeness (QED) is 0.509. The lowest BCUT2D eigenvalue weighted by Gasteiger charge is -2.09. The lowest BCUT2D eigenvalue weighted by molar-refractivity contribution is -0.137. The Morgan fingerprint density at radius 2 is 1.25 bits per heavy atom. The maximum Gasteiger partial charge on any atom is 0.417 e. The van der Waals surface area contributed by atoms with Crippen LogP contribution in [0.5, 0.6) is 5.75 Å². The average Bonchev–Trinajstić information content (AvgIpc) is 2.71. The third-order valence-corrected chi connectivity index (χ3v) is 3.88. The van der Waals surface area contributed by atoms with Gasteiger partial charge in [0.05, 0.1) is 12.7 Å². The Bertz CT molecular complexity index is 1070. The molecule has 0 spiro atoms. The topological polar surface area (TPSA) is 9.23 Å². The van der Waals surface area contributed by atoms with E-state index in [2.05, 4.69) is 23.7 Å². The fourth-order valence-electron chi connectivity index (χ4n) is 2.45. The smallest absolute Gasteiger partial charge is 0.417 e. The molecule has 0 aromatic heterocycles. The molecule has 0 unspecified atom stereocenters. The van der Waals surface area contributed by atoms with Crippen LogP contribution in [0.2, 0.25) is 0 Å². The number of methoxy groups -OCH3 is 1. The number of ether oxygens (including phenoxy) is 1. The van der Waals surface area contributed by atoms with E-state index in [1.165, 1.54) is 6.07 Å². The van der Waals surface area contributed by atoms with Gasteiger partial charge in [0, 0.05) is 22.3 Å². The first-order valence-corrected chi connectivity index (χ1v) is 8.40. The average molecular weight is 376 g/mol. The minimum absolute atomic E-state index is 0.0893. The van der Waals surface area contributed by atoms with Crippen LogP contribution in [0.1, 0.15) is 27.8 Å². The second-order valence-corrected chi connectivity index (χ2v) is 5.85. The van der Waals surface area contributed by atoms with Gasteiger partial charge in [0.25, 0.3) is 0 Å². The van der Waals surface area contributed by atoms with Gasteiger partial charge in [-0.15, -0.1) is 0 Å². The van der Waals surface area contributed by atoms with Gasteiger partial charge < -0.3 is 4.74 Å². The van der Waals surface area contributed by atoms with E-state index in [0.717, 1.165) is 11.6 Å². The summed E-state index contributed by atoms with van der Waals surface area (Å²) in [5.41, 5.74) is 0.731. The molecule has 3 aromatic carbocycles. The molecule has 28 heavy (non-hydrogen) atoms. The Hall–Kier alpha value is -3.63. The van der Waals surface area contributed by atoms with Gasteiger partial charge in [0.2, 0.25) is 0 Å². The first-order chi connectivity index (χ1) is 13.5. The molecule has 0 atom stereocenters. The van der Waals surface area contributed by atoms with E-state index < -0.39 is 11.7 Å². The second kappa shape index (κ2) is 8.37. The molecular formula is C24H15F3O. The van der Waals surface area contributed by atoms with Crippen molar-refractivity contribution in [2.75, 3.05) is 7.11 Å². The fourth-order valence-corrected chi connectivity index (χ4v) is 2.45. The second-order valence-electron chi connectivity index (χ2n) is 5.85. The summed E-state index contributed by atoms with van der Waals surface area (Å²) in [6.45, 7) is 0. The normalized spacial score (nSPS) is 10.3. The standard InChI is InChI=1S/C24H15F3O/c1-28-22-15-11-19(12-16-22)9-13-21-14-10-20(17-23(21)24(25,26)27)8-7-18-5-3-2-4-6-18/h2-6,10-12,14-17H,1H3. The summed E-state index contributed by atoms with van der Waals surface area (Å²) in [4.78, 5) is 0. The minimum Gasteiger partial charge on any atom is -0.497 e. The van der Waals surface area contributed by atoms with E-state index in [1.807, 2.05) is 18.2 Å². The van der Waals surface area contributed by atoms with Gasteiger partial charge in [-0.2, -0.15) is 13.2 Å². The van der Waals surface area contributed by atoms with Crippen LogP contribution in [0, 0.1) is 23.7 Å². The summed E-state index contributed by atoms with van der Waals surface area (Å²) >= 11 is 0. The van der Waals surface area contributed by atoms with Gasteiger partial charge in [0.15, 0.2) is 0 Å². The molecule has 0 fully saturated rings. The molecule has 1 nitrogen and oxygen atoms in total. The monoisotopic (exact) mass is 376 g/mol. The Morgan fingerprint density at radius 1 is 0.679 bits per heavy atom. The molecule has 0 radical (unpaired) electrons. The van der Waals surface area contributed by atoms with Crippen LogP contribution >= 0.6 is 0 Å². The molecule has 0 N–H and O–H groups in total. The van der Waals surface area contributed by atoms with Crippen molar-refractivity contribution in [2.45, 2.75) is 6.18 Å². The molecule has 3 aromatic rings. The number of rotatable bonds is 1. The number of benzene rings is 3. The highest BCUT2D eigenvalue weighted by molar-refractivity contribution is 5.52. The Labute approximate surface area is 161 Å². The lowest BCUT2D eigenvalue weighted by Crippen LogP contribution is -2.08. The molecule has 0 aliphatic heterocycles. The highest BCUT2D eigenvalue weighted by Crippen LogP contribution is 2.32. The predicted molar refractivity (Wildman–Crippen MR) is 103 cm³/mol. The van der Waals surface area contributed by atoms with E-state index >= 15 is 0 Å². The van der Waals surface area contributed by atoms with Crippen LogP contribution in [0.25, 0.3) is 0 Å². The van der Waals surface area contributed by atoms with Crippen molar-refractivity contribution in [3.63, 3.8) is 0 Å². The zero-order chi connectivity index (χ0) is 20.0. The van der Waals surface area contributed by atoms with Gasteiger partial charge in [-0.1, -0.05) is 41.9 Å². The van der Waals surface area contributed by atoms with Crippen LogP contribution in [0.4, 0.5) is 13.2 Å². The number of halogens is 3. The van der Waals surface area contributed by atoms with Gasteiger partial charge in [0.1, 0.15) is 5.75 Å². The van der Waals surface area contributed by atoms with E-state index in [1.54, 1.807) is 49.6 Å². The predicted octanol–water partition coefficient (Wildman–Crippen LogP) is 5.51.